The van der Waals surface area contributed by atoms with Crippen molar-refractivity contribution in [2.45, 2.75) is 63.4 Å². The molecular formula is C16H26N2O2S. The molecule has 0 unspecified atom stereocenters. The SMILES string of the molecule is CNCc1cc(S(=O)(=O)NC2CCCCC2)c(C)cc1C. The van der Waals surface area contributed by atoms with E-state index in [4.69, 9.17) is 0 Å². The summed E-state index contributed by atoms with van der Waals surface area (Å²) in [5.41, 5.74) is 2.97. The Balaban J connectivity index is 2.27. The molecular weight excluding hydrogens is 284 g/mol. The van der Waals surface area contributed by atoms with E-state index in [1.54, 1.807) is 0 Å². The van der Waals surface area contributed by atoms with Crippen LogP contribution in [0.5, 0.6) is 0 Å². The molecule has 5 heteroatoms. The maximum atomic E-state index is 12.7. The van der Waals surface area contributed by atoms with Crippen LogP contribution in [-0.2, 0) is 16.6 Å². The highest BCUT2D eigenvalue weighted by atomic mass is 32.2. The first-order valence-corrected chi connectivity index (χ1v) is 9.19. The van der Waals surface area contributed by atoms with Gasteiger partial charge in [-0.1, -0.05) is 25.3 Å². The number of nitrogens with one attached hydrogen (secondary N) is 2. The molecule has 0 atom stereocenters. The molecule has 0 bridgehead atoms. The third-order valence-corrected chi connectivity index (χ3v) is 5.88. The van der Waals surface area contributed by atoms with Gasteiger partial charge in [-0.05, 0) is 56.5 Å². The second-order valence-corrected chi connectivity index (χ2v) is 7.71. The Labute approximate surface area is 128 Å². The van der Waals surface area contributed by atoms with Crippen molar-refractivity contribution in [2.24, 2.45) is 0 Å². The lowest BCUT2D eigenvalue weighted by Gasteiger charge is -2.23. The van der Waals surface area contributed by atoms with Crippen molar-refractivity contribution in [1.29, 1.82) is 0 Å². The van der Waals surface area contributed by atoms with E-state index >= 15 is 0 Å². The van der Waals surface area contributed by atoms with Crippen LogP contribution in [0.1, 0.15) is 48.8 Å². The largest absolute Gasteiger partial charge is 0.316 e. The summed E-state index contributed by atoms with van der Waals surface area (Å²) in [7, 11) is -1.56. The molecule has 1 aromatic rings. The Kier molecular flexibility index (Phi) is 5.41. The fourth-order valence-electron chi connectivity index (χ4n) is 3.05. The molecule has 1 aliphatic rings. The zero-order valence-corrected chi connectivity index (χ0v) is 14.0. The first kappa shape index (κ1) is 16.5. The minimum atomic E-state index is -3.43. The summed E-state index contributed by atoms with van der Waals surface area (Å²) in [6.45, 7) is 4.56. The minimum Gasteiger partial charge on any atom is -0.316 e. The lowest BCUT2D eigenvalue weighted by molar-refractivity contribution is 0.412. The molecule has 0 amide bonds. The Bertz CT molecular complexity index is 591. The first-order valence-electron chi connectivity index (χ1n) is 7.71. The van der Waals surface area contributed by atoms with Gasteiger partial charge in [0, 0.05) is 12.6 Å². The summed E-state index contributed by atoms with van der Waals surface area (Å²) in [5, 5.41) is 3.09. The second kappa shape index (κ2) is 6.90. The highest BCUT2D eigenvalue weighted by molar-refractivity contribution is 7.89. The van der Waals surface area contributed by atoms with Crippen molar-refractivity contribution in [3.63, 3.8) is 0 Å². The molecule has 0 heterocycles. The van der Waals surface area contributed by atoms with E-state index in [-0.39, 0.29) is 6.04 Å². The van der Waals surface area contributed by atoms with Gasteiger partial charge >= 0.3 is 0 Å². The maximum absolute atomic E-state index is 12.7. The minimum absolute atomic E-state index is 0.0946. The van der Waals surface area contributed by atoms with Gasteiger partial charge in [-0.3, -0.25) is 0 Å². The standard InChI is InChI=1S/C16H26N2O2S/c1-12-9-13(2)16(10-14(12)11-17-3)21(19,20)18-15-7-5-4-6-8-15/h9-10,15,17-18H,4-8,11H2,1-3H3. The molecule has 1 saturated carbocycles. The molecule has 1 aromatic carbocycles. The molecule has 0 aromatic heterocycles. The van der Waals surface area contributed by atoms with E-state index < -0.39 is 10.0 Å². The lowest BCUT2D eigenvalue weighted by Crippen LogP contribution is -2.36. The molecule has 0 spiro atoms. The van der Waals surface area contributed by atoms with Crippen LogP contribution in [0, 0.1) is 13.8 Å². The van der Waals surface area contributed by atoms with E-state index in [0.29, 0.717) is 11.4 Å². The van der Waals surface area contributed by atoms with Crippen LogP contribution in [0.15, 0.2) is 17.0 Å². The molecule has 1 aliphatic carbocycles. The molecule has 1 fully saturated rings. The molecule has 2 N–H and O–H groups in total. The molecule has 21 heavy (non-hydrogen) atoms. The van der Waals surface area contributed by atoms with E-state index in [0.717, 1.165) is 42.4 Å². The van der Waals surface area contributed by atoms with E-state index in [2.05, 4.69) is 10.0 Å². The van der Waals surface area contributed by atoms with Crippen molar-refractivity contribution in [1.82, 2.24) is 10.0 Å². The van der Waals surface area contributed by atoms with Gasteiger partial charge in [0.05, 0.1) is 4.90 Å². The lowest BCUT2D eigenvalue weighted by atomic mass is 9.96. The Morgan fingerprint density at radius 2 is 1.76 bits per heavy atom. The third-order valence-electron chi connectivity index (χ3n) is 4.22. The van der Waals surface area contributed by atoms with Crippen LogP contribution in [0.25, 0.3) is 0 Å². The molecule has 0 radical (unpaired) electrons. The first-order chi connectivity index (χ1) is 9.94. The predicted octanol–water partition coefficient (Wildman–Crippen LogP) is 2.63. The number of rotatable bonds is 5. The highest BCUT2D eigenvalue weighted by Crippen LogP contribution is 2.23. The number of sulfonamides is 1. The zero-order chi connectivity index (χ0) is 15.5. The quantitative estimate of drug-likeness (QED) is 0.879. The smallest absolute Gasteiger partial charge is 0.241 e. The number of hydrogen-bond donors (Lipinski definition) is 2. The Morgan fingerprint density at radius 1 is 1.10 bits per heavy atom. The number of aryl methyl sites for hydroxylation is 2. The summed E-state index contributed by atoms with van der Waals surface area (Å²) in [5.74, 6) is 0. The molecule has 0 aliphatic heterocycles. The number of benzene rings is 1. The van der Waals surface area contributed by atoms with Crippen LogP contribution >= 0.6 is 0 Å². The summed E-state index contributed by atoms with van der Waals surface area (Å²) < 4.78 is 28.2. The monoisotopic (exact) mass is 310 g/mol. The summed E-state index contributed by atoms with van der Waals surface area (Å²) in [4.78, 5) is 0.420. The topological polar surface area (TPSA) is 58.2 Å². The molecule has 4 nitrogen and oxygen atoms in total. The van der Waals surface area contributed by atoms with E-state index in [9.17, 15) is 8.42 Å². The van der Waals surface area contributed by atoms with Crippen LogP contribution in [-0.4, -0.2) is 21.5 Å². The fourth-order valence-corrected chi connectivity index (χ4v) is 4.63. The van der Waals surface area contributed by atoms with Crippen molar-refractivity contribution in [3.8, 4) is 0 Å². The van der Waals surface area contributed by atoms with Crippen molar-refractivity contribution in [2.75, 3.05) is 7.05 Å². The van der Waals surface area contributed by atoms with Gasteiger partial charge in [0.2, 0.25) is 10.0 Å². The highest BCUT2D eigenvalue weighted by Gasteiger charge is 2.23. The van der Waals surface area contributed by atoms with Gasteiger partial charge < -0.3 is 5.32 Å². The molecule has 118 valence electrons. The van der Waals surface area contributed by atoms with E-state index in [1.807, 2.05) is 33.0 Å². The number of hydrogen-bond acceptors (Lipinski definition) is 3. The Morgan fingerprint density at radius 3 is 2.38 bits per heavy atom. The fraction of sp³-hybridized carbons (Fsp3) is 0.625. The van der Waals surface area contributed by atoms with Crippen LogP contribution in [0.2, 0.25) is 0 Å². The van der Waals surface area contributed by atoms with Gasteiger partial charge in [0.25, 0.3) is 0 Å². The zero-order valence-electron chi connectivity index (χ0n) is 13.2. The van der Waals surface area contributed by atoms with Gasteiger partial charge in [0.1, 0.15) is 0 Å². The van der Waals surface area contributed by atoms with Gasteiger partial charge in [-0.15, -0.1) is 0 Å². The van der Waals surface area contributed by atoms with Gasteiger partial charge in [-0.25, -0.2) is 13.1 Å². The maximum Gasteiger partial charge on any atom is 0.241 e. The Hall–Kier alpha value is -0.910. The van der Waals surface area contributed by atoms with Gasteiger partial charge in [-0.2, -0.15) is 0 Å². The second-order valence-electron chi connectivity index (χ2n) is 6.03. The average molecular weight is 310 g/mol. The third kappa shape index (κ3) is 4.05. The summed E-state index contributed by atoms with van der Waals surface area (Å²) >= 11 is 0. The van der Waals surface area contributed by atoms with Crippen molar-refractivity contribution < 1.29 is 8.42 Å². The van der Waals surface area contributed by atoms with Crippen molar-refractivity contribution >= 4 is 10.0 Å². The normalized spacial score (nSPS) is 17.1. The summed E-state index contributed by atoms with van der Waals surface area (Å²) in [6, 6.07) is 3.87. The summed E-state index contributed by atoms with van der Waals surface area (Å²) in [6.07, 6.45) is 5.35. The molecule has 0 saturated heterocycles. The van der Waals surface area contributed by atoms with Crippen molar-refractivity contribution in [3.05, 3.63) is 28.8 Å². The van der Waals surface area contributed by atoms with Gasteiger partial charge in [0.15, 0.2) is 0 Å². The van der Waals surface area contributed by atoms with E-state index in [1.165, 1.54) is 6.42 Å². The van der Waals surface area contributed by atoms with Crippen LogP contribution < -0.4 is 10.0 Å². The predicted molar refractivity (Wildman–Crippen MR) is 85.9 cm³/mol. The van der Waals surface area contributed by atoms with Crippen LogP contribution in [0.3, 0.4) is 0 Å². The average Bonchev–Trinajstić information content (AvgIpc) is 2.42. The van der Waals surface area contributed by atoms with Crippen LogP contribution in [0.4, 0.5) is 0 Å². The molecule has 2 rings (SSSR count).